The lowest BCUT2D eigenvalue weighted by Gasteiger charge is -2.26. The predicted octanol–water partition coefficient (Wildman–Crippen LogP) is -0.620. The molecule has 0 aliphatic carbocycles. The highest BCUT2D eigenvalue weighted by Crippen LogP contribution is 2.24. The fourth-order valence-electron chi connectivity index (χ4n) is 3.31. The number of esters is 1. The van der Waals surface area contributed by atoms with E-state index in [1.165, 1.54) is 12.0 Å². The van der Waals surface area contributed by atoms with E-state index in [1.54, 1.807) is 24.3 Å². The van der Waals surface area contributed by atoms with Gasteiger partial charge >= 0.3 is 5.97 Å². The number of nitrogens with one attached hydrogen (secondary N) is 2. The Kier molecular flexibility index (Phi) is 7.39. The summed E-state index contributed by atoms with van der Waals surface area (Å²) in [5.74, 6) is -1.38. The molecule has 2 aliphatic rings. The number of aliphatic hydroxyl groups excluding tert-OH is 1. The molecule has 0 unspecified atom stereocenters. The molecule has 1 saturated heterocycles. The van der Waals surface area contributed by atoms with Gasteiger partial charge in [-0.1, -0.05) is 12.1 Å². The maximum atomic E-state index is 12.8. The van der Waals surface area contributed by atoms with Gasteiger partial charge in [-0.25, -0.2) is 4.79 Å². The van der Waals surface area contributed by atoms with Crippen molar-refractivity contribution in [2.75, 3.05) is 65.1 Å². The van der Waals surface area contributed by atoms with E-state index in [1.807, 2.05) is 0 Å². The van der Waals surface area contributed by atoms with Crippen LogP contribution < -0.4 is 10.6 Å². The summed E-state index contributed by atoms with van der Waals surface area (Å²) in [6.07, 6.45) is 0. The SMILES string of the molecule is COC(=O)C1=C(Nc2ccccc2C(=O)NCN2CCOCC2)C(=O)N(CCO)C1. The van der Waals surface area contributed by atoms with E-state index in [2.05, 4.69) is 15.5 Å². The van der Waals surface area contributed by atoms with Gasteiger partial charge in [-0.05, 0) is 12.1 Å². The number of hydrogen-bond acceptors (Lipinski definition) is 8. The van der Waals surface area contributed by atoms with Gasteiger partial charge in [0.1, 0.15) is 5.70 Å². The van der Waals surface area contributed by atoms with Crippen LogP contribution in [0.4, 0.5) is 5.69 Å². The summed E-state index contributed by atoms with van der Waals surface area (Å²) < 4.78 is 10.1. The van der Waals surface area contributed by atoms with Crippen molar-refractivity contribution in [2.45, 2.75) is 0 Å². The van der Waals surface area contributed by atoms with Gasteiger partial charge in [-0.2, -0.15) is 0 Å². The molecule has 0 radical (unpaired) electrons. The standard InChI is InChI=1S/C20H26N4O6/c1-29-20(28)15-12-24(6-9-25)19(27)17(15)22-16-5-3-2-4-14(16)18(26)21-13-23-7-10-30-11-8-23/h2-5,22,25H,6-13H2,1H3,(H,21,26). The highest BCUT2D eigenvalue weighted by atomic mass is 16.5. The summed E-state index contributed by atoms with van der Waals surface area (Å²) in [6, 6.07) is 6.75. The number of anilines is 1. The van der Waals surface area contributed by atoms with Gasteiger partial charge in [0.15, 0.2) is 0 Å². The first-order chi connectivity index (χ1) is 14.5. The zero-order valence-corrected chi connectivity index (χ0v) is 16.8. The van der Waals surface area contributed by atoms with Gasteiger partial charge in [-0.15, -0.1) is 0 Å². The Balaban J connectivity index is 1.77. The molecule has 1 fully saturated rings. The maximum Gasteiger partial charge on any atom is 0.337 e. The monoisotopic (exact) mass is 418 g/mol. The lowest BCUT2D eigenvalue weighted by molar-refractivity contribution is -0.136. The fraction of sp³-hybridized carbons (Fsp3) is 0.450. The lowest BCUT2D eigenvalue weighted by Crippen LogP contribution is -2.43. The first-order valence-corrected chi connectivity index (χ1v) is 9.71. The highest BCUT2D eigenvalue weighted by molar-refractivity contribution is 6.09. The van der Waals surface area contributed by atoms with Crippen molar-refractivity contribution in [3.8, 4) is 0 Å². The number of ether oxygens (including phenoxy) is 2. The van der Waals surface area contributed by atoms with Crippen molar-refractivity contribution in [1.82, 2.24) is 15.1 Å². The van der Waals surface area contributed by atoms with E-state index in [0.29, 0.717) is 31.1 Å². The predicted molar refractivity (Wildman–Crippen MR) is 107 cm³/mol. The van der Waals surface area contributed by atoms with Crippen LogP contribution in [-0.2, 0) is 19.1 Å². The Morgan fingerprint density at radius 2 is 1.97 bits per heavy atom. The van der Waals surface area contributed by atoms with Crippen LogP contribution in [0, 0.1) is 0 Å². The number of carbonyl (C=O) groups is 3. The minimum atomic E-state index is -0.638. The number of hydrogen-bond donors (Lipinski definition) is 3. The first-order valence-electron chi connectivity index (χ1n) is 9.71. The van der Waals surface area contributed by atoms with Crippen molar-refractivity contribution in [1.29, 1.82) is 0 Å². The molecule has 0 spiro atoms. The van der Waals surface area contributed by atoms with Gasteiger partial charge in [0.25, 0.3) is 11.8 Å². The number of β-amino-alcohol motifs (C(OH)–C–C–N with tert-alkyl or cyclic N) is 1. The Bertz CT molecular complexity index is 834. The van der Waals surface area contributed by atoms with Crippen LogP contribution in [0.3, 0.4) is 0 Å². The van der Waals surface area contributed by atoms with Crippen LogP contribution in [0.5, 0.6) is 0 Å². The molecule has 0 atom stereocenters. The minimum Gasteiger partial charge on any atom is -0.466 e. The average Bonchev–Trinajstić information content (AvgIpc) is 3.08. The molecule has 0 aromatic heterocycles. The number of morpholine rings is 1. The molecular formula is C20H26N4O6. The van der Waals surface area contributed by atoms with Crippen molar-refractivity contribution < 1.29 is 29.0 Å². The quantitative estimate of drug-likeness (QED) is 0.478. The molecule has 2 aliphatic heterocycles. The molecule has 3 N–H and O–H groups in total. The second-order valence-corrected chi connectivity index (χ2v) is 6.86. The lowest BCUT2D eigenvalue weighted by atomic mass is 10.1. The van der Waals surface area contributed by atoms with Crippen molar-refractivity contribution in [3.05, 3.63) is 41.1 Å². The van der Waals surface area contributed by atoms with E-state index < -0.39 is 11.9 Å². The number of methoxy groups -OCH3 is 1. The summed E-state index contributed by atoms with van der Waals surface area (Å²) in [6.45, 7) is 3.02. The molecule has 3 rings (SSSR count). The summed E-state index contributed by atoms with van der Waals surface area (Å²) in [7, 11) is 1.24. The molecule has 30 heavy (non-hydrogen) atoms. The molecule has 2 heterocycles. The molecule has 10 nitrogen and oxygen atoms in total. The van der Waals surface area contributed by atoms with E-state index in [4.69, 9.17) is 9.47 Å². The second kappa shape index (κ2) is 10.2. The smallest absolute Gasteiger partial charge is 0.337 e. The molecule has 0 saturated carbocycles. The molecule has 0 bridgehead atoms. The van der Waals surface area contributed by atoms with E-state index in [0.717, 1.165) is 13.1 Å². The highest BCUT2D eigenvalue weighted by Gasteiger charge is 2.35. The van der Waals surface area contributed by atoms with Crippen molar-refractivity contribution >= 4 is 23.5 Å². The third kappa shape index (κ3) is 4.96. The van der Waals surface area contributed by atoms with E-state index >= 15 is 0 Å². The van der Waals surface area contributed by atoms with Gasteiger partial charge in [0.2, 0.25) is 0 Å². The molecular weight excluding hydrogens is 392 g/mol. The van der Waals surface area contributed by atoms with Gasteiger partial charge in [0.05, 0.1) is 57.0 Å². The molecule has 2 amide bonds. The van der Waals surface area contributed by atoms with E-state index in [9.17, 15) is 19.5 Å². The van der Waals surface area contributed by atoms with Crippen molar-refractivity contribution in [3.63, 3.8) is 0 Å². The Morgan fingerprint density at radius 1 is 1.23 bits per heavy atom. The topological polar surface area (TPSA) is 120 Å². The van der Waals surface area contributed by atoms with Crippen LogP contribution in [0.25, 0.3) is 0 Å². The zero-order chi connectivity index (χ0) is 21.5. The number of amides is 2. The third-order valence-corrected chi connectivity index (χ3v) is 4.95. The minimum absolute atomic E-state index is 0.0276. The number of para-hydroxylation sites is 1. The van der Waals surface area contributed by atoms with Crippen LogP contribution in [0.15, 0.2) is 35.5 Å². The van der Waals surface area contributed by atoms with Crippen LogP contribution in [0.1, 0.15) is 10.4 Å². The third-order valence-electron chi connectivity index (χ3n) is 4.95. The molecule has 10 heteroatoms. The van der Waals surface area contributed by atoms with Crippen LogP contribution in [0.2, 0.25) is 0 Å². The molecule has 1 aromatic carbocycles. The van der Waals surface area contributed by atoms with Crippen LogP contribution >= 0.6 is 0 Å². The number of benzene rings is 1. The van der Waals surface area contributed by atoms with Gasteiger partial charge < -0.3 is 30.1 Å². The number of nitrogens with zero attached hydrogens (tertiary/aromatic N) is 2. The zero-order valence-electron chi connectivity index (χ0n) is 16.8. The largest absolute Gasteiger partial charge is 0.466 e. The number of aliphatic hydroxyl groups is 1. The first kappa shape index (κ1) is 21.8. The van der Waals surface area contributed by atoms with Gasteiger partial charge in [-0.3, -0.25) is 14.5 Å². The van der Waals surface area contributed by atoms with Gasteiger partial charge in [0, 0.05) is 19.6 Å². The Morgan fingerprint density at radius 3 is 2.67 bits per heavy atom. The van der Waals surface area contributed by atoms with Crippen LogP contribution in [-0.4, -0.2) is 92.5 Å². The molecule has 162 valence electrons. The summed E-state index contributed by atoms with van der Waals surface area (Å²) in [5.41, 5.74) is 0.937. The average molecular weight is 418 g/mol. The summed E-state index contributed by atoms with van der Waals surface area (Å²) >= 11 is 0. The number of rotatable bonds is 8. The second-order valence-electron chi connectivity index (χ2n) is 6.86. The normalized spacial score (nSPS) is 17.3. The molecule has 1 aromatic rings. The fourth-order valence-corrected chi connectivity index (χ4v) is 3.31. The summed E-state index contributed by atoms with van der Waals surface area (Å²) in [4.78, 5) is 41.0. The summed E-state index contributed by atoms with van der Waals surface area (Å²) in [5, 5.41) is 15.0. The Labute approximate surface area is 174 Å². The maximum absolute atomic E-state index is 12.8. The van der Waals surface area contributed by atoms with Crippen molar-refractivity contribution in [2.24, 2.45) is 0 Å². The Hall–Kier alpha value is -2.95. The van der Waals surface area contributed by atoms with E-state index in [-0.39, 0.29) is 36.9 Å². The number of carbonyl (C=O) groups excluding carboxylic acids is 3.